The number of nitrogens with zero attached hydrogens (tertiary/aromatic N) is 2. The molecule has 0 aliphatic carbocycles. The van der Waals surface area contributed by atoms with Crippen LogP contribution in [0.5, 0.6) is 11.5 Å². The molecule has 6 nitrogen and oxygen atoms in total. The third-order valence-electron chi connectivity index (χ3n) is 4.99. The lowest BCUT2D eigenvalue weighted by molar-refractivity contribution is 0.0943. The predicted octanol–water partition coefficient (Wildman–Crippen LogP) is 5.14. The summed E-state index contributed by atoms with van der Waals surface area (Å²) in [6.45, 7) is 0.409. The van der Waals surface area contributed by atoms with Gasteiger partial charge in [-0.1, -0.05) is 41.9 Å². The Morgan fingerprint density at radius 2 is 1.72 bits per heavy atom. The summed E-state index contributed by atoms with van der Waals surface area (Å²) in [5.74, 6) is 1.03. The van der Waals surface area contributed by atoms with Crippen molar-refractivity contribution in [1.82, 2.24) is 15.1 Å². The molecule has 4 aromatic rings. The largest absolute Gasteiger partial charge is 0.497 e. The number of amides is 1. The average Bonchev–Trinajstić information content (AvgIpc) is 3.28. The van der Waals surface area contributed by atoms with Gasteiger partial charge in [-0.15, -0.1) is 0 Å². The number of nitrogens with one attached hydrogen (secondary N) is 1. The van der Waals surface area contributed by atoms with Crippen LogP contribution in [0.2, 0.25) is 5.02 Å². The predicted molar refractivity (Wildman–Crippen MR) is 125 cm³/mol. The molecule has 0 saturated carbocycles. The summed E-state index contributed by atoms with van der Waals surface area (Å²) in [6, 6.07) is 24.1. The van der Waals surface area contributed by atoms with Crippen LogP contribution in [-0.4, -0.2) is 29.9 Å². The van der Waals surface area contributed by atoms with Crippen LogP contribution in [0.1, 0.15) is 16.1 Å². The summed E-state index contributed by atoms with van der Waals surface area (Å²) in [5, 5.41) is 8.29. The van der Waals surface area contributed by atoms with Crippen molar-refractivity contribution in [3.05, 3.63) is 95.1 Å². The molecule has 0 saturated heterocycles. The Labute approximate surface area is 191 Å². The molecule has 1 heterocycles. The lowest BCUT2D eigenvalue weighted by Crippen LogP contribution is -2.25. The third-order valence-corrected chi connectivity index (χ3v) is 5.25. The molecule has 0 bridgehead atoms. The molecule has 32 heavy (non-hydrogen) atoms. The summed E-state index contributed by atoms with van der Waals surface area (Å²) < 4.78 is 12.4. The first-order valence-electron chi connectivity index (χ1n) is 9.99. The first-order chi connectivity index (χ1) is 15.6. The number of ether oxygens (including phenoxy) is 2. The van der Waals surface area contributed by atoms with Gasteiger partial charge < -0.3 is 14.8 Å². The zero-order valence-corrected chi connectivity index (χ0v) is 18.5. The van der Waals surface area contributed by atoms with Crippen molar-refractivity contribution in [2.45, 2.75) is 6.54 Å². The minimum absolute atomic E-state index is 0.241. The van der Waals surface area contributed by atoms with Crippen LogP contribution in [-0.2, 0) is 6.54 Å². The number of carbonyl (C=O) groups is 1. The van der Waals surface area contributed by atoms with Gasteiger partial charge in [-0.05, 0) is 48.0 Å². The van der Waals surface area contributed by atoms with Crippen LogP contribution in [0.4, 0.5) is 0 Å². The van der Waals surface area contributed by atoms with Gasteiger partial charge in [0.1, 0.15) is 17.2 Å². The Morgan fingerprint density at radius 3 is 2.41 bits per heavy atom. The maximum absolute atomic E-state index is 13.1. The zero-order valence-electron chi connectivity index (χ0n) is 17.7. The monoisotopic (exact) mass is 447 g/mol. The van der Waals surface area contributed by atoms with Gasteiger partial charge >= 0.3 is 0 Å². The first kappa shape index (κ1) is 21.5. The highest BCUT2D eigenvalue weighted by Crippen LogP contribution is 2.33. The molecule has 0 aliphatic heterocycles. The average molecular weight is 448 g/mol. The third kappa shape index (κ3) is 4.60. The van der Waals surface area contributed by atoms with Crippen molar-refractivity contribution in [3.63, 3.8) is 0 Å². The molecule has 0 fully saturated rings. The van der Waals surface area contributed by atoms with E-state index in [9.17, 15) is 4.79 Å². The highest BCUT2D eigenvalue weighted by atomic mass is 35.5. The highest BCUT2D eigenvalue weighted by molar-refractivity contribution is 6.30. The number of carbonyl (C=O) groups excluding carboxylic acids is 1. The van der Waals surface area contributed by atoms with Gasteiger partial charge in [0.15, 0.2) is 0 Å². The van der Waals surface area contributed by atoms with Crippen LogP contribution in [0.15, 0.2) is 78.9 Å². The van der Waals surface area contributed by atoms with E-state index in [-0.39, 0.29) is 5.91 Å². The van der Waals surface area contributed by atoms with Gasteiger partial charge in [0.2, 0.25) is 0 Å². The van der Waals surface area contributed by atoms with Gasteiger partial charge in [-0.25, -0.2) is 4.68 Å². The van der Waals surface area contributed by atoms with E-state index in [1.807, 2.05) is 54.6 Å². The number of benzene rings is 3. The Bertz CT molecular complexity index is 1220. The molecule has 4 rings (SSSR count). The molecule has 162 valence electrons. The molecule has 0 atom stereocenters. The van der Waals surface area contributed by atoms with Crippen LogP contribution in [0.25, 0.3) is 16.9 Å². The second-order valence-corrected chi connectivity index (χ2v) is 7.47. The number of hydrogen-bond acceptors (Lipinski definition) is 4. The standard InChI is InChI=1S/C25H22ClN3O3/c1-31-20-12-13-21(24(14-20)32-2)22-15-23(25(30)27-16-17-6-4-3-5-7-17)29(28-22)19-10-8-18(26)9-11-19/h3-15H,16H2,1-2H3,(H,27,30). The van der Waals surface area contributed by atoms with Crippen molar-refractivity contribution in [2.75, 3.05) is 14.2 Å². The molecular weight excluding hydrogens is 426 g/mol. The van der Waals surface area contributed by atoms with E-state index >= 15 is 0 Å². The van der Waals surface area contributed by atoms with E-state index in [1.54, 1.807) is 43.2 Å². The Kier molecular flexibility index (Phi) is 6.42. The Balaban J connectivity index is 1.73. The SMILES string of the molecule is COc1ccc(-c2cc(C(=O)NCc3ccccc3)n(-c3ccc(Cl)cc3)n2)c(OC)c1. The van der Waals surface area contributed by atoms with E-state index in [0.717, 1.165) is 16.8 Å². The number of hydrogen-bond donors (Lipinski definition) is 1. The number of rotatable bonds is 7. The van der Waals surface area contributed by atoms with Crippen LogP contribution < -0.4 is 14.8 Å². The fraction of sp³-hybridized carbons (Fsp3) is 0.120. The molecule has 1 N–H and O–H groups in total. The number of halogens is 1. The Morgan fingerprint density at radius 1 is 0.969 bits per heavy atom. The van der Waals surface area contributed by atoms with Gasteiger partial charge in [0, 0.05) is 23.2 Å². The summed E-state index contributed by atoms with van der Waals surface area (Å²) in [6.07, 6.45) is 0. The quantitative estimate of drug-likeness (QED) is 0.426. The minimum atomic E-state index is -0.241. The summed E-state index contributed by atoms with van der Waals surface area (Å²) in [7, 11) is 3.18. The Hall–Kier alpha value is -3.77. The fourth-order valence-corrected chi connectivity index (χ4v) is 3.46. The van der Waals surface area contributed by atoms with Crippen molar-refractivity contribution >= 4 is 17.5 Å². The molecule has 0 unspecified atom stereocenters. The van der Waals surface area contributed by atoms with E-state index in [4.69, 9.17) is 26.2 Å². The maximum atomic E-state index is 13.1. The molecule has 0 aliphatic rings. The second kappa shape index (κ2) is 9.58. The molecule has 7 heteroatoms. The zero-order chi connectivity index (χ0) is 22.5. The highest BCUT2D eigenvalue weighted by Gasteiger charge is 2.20. The molecule has 1 amide bonds. The van der Waals surface area contributed by atoms with Gasteiger partial charge in [-0.2, -0.15) is 5.10 Å². The number of aromatic nitrogens is 2. The molecule has 0 radical (unpaired) electrons. The van der Waals surface area contributed by atoms with E-state index in [2.05, 4.69) is 5.32 Å². The van der Waals surface area contributed by atoms with E-state index < -0.39 is 0 Å². The van der Waals surface area contributed by atoms with E-state index in [1.165, 1.54) is 0 Å². The molecule has 1 aromatic heterocycles. The lowest BCUT2D eigenvalue weighted by Gasteiger charge is -2.09. The second-order valence-electron chi connectivity index (χ2n) is 7.04. The first-order valence-corrected chi connectivity index (χ1v) is 10.4. The fourth-order valence-electron chi connectivity index (χ4n) is 3.33. The molecular formula is C25H22ClN3O3. The van der Waals surface area contributed by atoms with Crippen molar-refractivity contribution in [2.24, 2.45) is 0 Å². The van der Waals surface area contributed by atoms with Crippen molar-refractivity contribution < 1.29 is 14.3 Å². The van der Waals surface area contributed by atoms with E-state index in [0.29, 0.717) is 34.5 Å². The van der Waals surface area contributed by atoms with Crippen molar-refractivity contribution in [1.29, 1.82) is 0 Å². The topological polar surface area (TPSA) is 65.4 Å². The summed E-state index contributed by atoms with van der Waals surface area (Å²) in [5.41, 5.74) is 3.48. The van der Waals surface area contributed by atoms with Gasteiger partial charge in [0.05, 0.1) is 25.6 Å². The number of methoxy groups -OCH3 is 2. The van der Waals surface area contributed by atoms with Crippen LogP contribution in [0, 0.1) is 0 Å². The van der Waals surface area contributed by atoms with Gasteiger partial charge in [-0.3, -0.25) is 4.79 Å². The molecule has 0 spiro atoms. The summed E-state index contributed by atoms with van der Waals surface area (Å²) in [4.78, 5) is 13.1. The molecule has 3 aromatic carbocycles. The van der Waals surface area contributed by atoms with Crippen LogP contribution >= 0.6 is 11.6 Å². The van der Waals surface area contributed by atoms with Gasteiger partial charge in [0.25, 0.3) is 5.91 Å². The lowest BCUT2D eigenvalue weighted by atomic mass is 10.1. The van der Waals surface area contributed by atoms with Crippen LogP contribution in [0.3, 0.4) is 0 Å². The van der Waals surface area contributed by atoms with Crippen molar-refractivity contribution in [3.8, 4) is 28.4 Å². The maximum Gasteiger partial charge on any atom is 0.270 e. The summed E-state index contributed by atoms with van der Waals surface area (Å²) >= 11 is 6.05. The minimum Gasteiger partial charge on any atom is -0.497 e. The normalized spacial score (nSPS) is 10.6. The smallest absolute Gasteiger partial charge is 0.270 e.